The van der Waals surface area contributed by atoms with Crippen LogP contribution in [0.25, 0.3) is 0 Å². The molecule has 1 unspecified atom stereocenters. The van der Waals surface area contributed by atoms with Gasteiger partial charge in [0, 0.05) is 0 Å². The normalized spacial score (nSPS) is 16.5. The smallest absolute Gasteiger partial charge is 0.121 e. The number of hydrogen-bond acceptors (Lipinski definition) is 1. The third-order valence-corrected chi connectivity index (χ3v) is 2.80. The molecule has 0 saturated heterocycles. The van der Waals surface area contributed by atoms with Gasteiger partial charge in [0.15, 0.2) is 0 Å². The lowest BCUT2D eigenvalue weighted by Gasteiger charge is -1.92. The molecular weight excluding hydrogens is 115 g/mol. The van der Waals surface area contributed by atoms with Crippen LogP contribution in [0.15, 0.2) is 0 Å². The Labute approximate surface area is 45.0 Å². The maximum absolute atomic E-state index is 11.8. The Morgan fingerprint density at radius 2 is 2.50 bits per heavy atom. The predicted molar refractivity (Wildman–Crippen MR) is 32.7 cm³/mol. The molecule has 0 aromatic heterocycles. The van der Waals surface area contributed by atoms with Gasteiger partial charge in [0.1, 0.15) is 8.67 Å². The van der Waals surface area contributed by atoms with Crippen LogP contribution in [0.4, 0.5) is 4.39 Å². The van der Waals surface area contributed by atoms with Crippen molar-refractivity contribution >= 4 is 20.7 Å². The number of rotatable bonds is 2. The molecule has 0 aliphatic rings. The molecular formula is C3H9FSSi. The molecule has 0 aliphatic heterocycles. The van der Waals surface area contributed by atoms with E-state index in [1.54, 1.807) is 0 Å². The molecule has 0 aromatic rings. The Morgan fingerprint density at radius 3 is 2.50 bits per heavy atom. The number of alkyl halides is 1. The highest BCUT2D eigenvalue weighted by Gasteiger charge is 1.95. The third kappa shape index (κ3) is 2.72. The third-order valence-electron chi connectivity index (χ3n) is 0.641. The first-order chi connectivity index (χ1) is 2.81. The zero-order valence-corrected chi connectivity index (χ0v) is 6.13. The maximum atomic E-state index is 11.8. The van der Waals surface area contributed by atoms with Crippen molar-refractivity contribution in [1.29, 1.82) is 0 Å². The van der Waals surface area contributed by atoms with Gasteiger partial charge < -0.3 is 0 Å². The molecule has 0 nitrogen and oxygen atoms in total. The number of thiol groups is 1. The van der Waals surface area contributed by atoms with Gasteiger partial charge in [-0.3, -0.25) is 4.39 Å². The Hall–Kier alpha value is 0.497. The number of halogens is 1. The summed E-state index contributed by atoms with van der Waals surface area (Å²) in [4.78, 5) is 0. The summed E-state index contributed by atoms with van der Waals surface area (Å²) in [6.45, 7) is 1.84. The average Bonchev–Trinajstić information content (AvgIpc) is 1.65. The zero-order chi connectivity index (χ0) is 4.99. The fraction of sp³-hybridized carbons (Fsp3) is 1.00. The van der Waals surface area contributed by atoms with E-state index < -0.39 is 14.5 Å². The van der Waals surface area contributed by atoms with Crippen molar-refractivity contribution in [3.63, 3.8) is 0 Å². The second kappa shape index (κ2) is 3.68. The lowest BCUT2D eigenvalue weighted by Crippen LogP contribution is -2.01. The topological polar surface area (TPSA) is 0 Å². The molecule has 0 rings (SSSR count). The molecule has 0 bridgehead atoms. The molecule has 6 heavy (non-hydrogen) atoms. The standard InChI is InChI=1S/C3H9FSSi/c1-2-3(4)6-5/h3,5H,2,6H2,1H3. The van der Waals surface area contributed by atoms with Crippen molar-refractivity contribution < 1.29 is 4.39 Å². The largest absolute Gasteiger partial charge is 0.251 e. The number of hydrogen-bond donors (Lipinski definition) is 1. The van der Waals surface area contributed by atoms with Crippen molar-refractivity contribution in [3.05, 3.63) is 0 Å². The summed E-state index contributed by atoms with van der Waals surface area (Å²) in [6.07, 6.45) is 0.649. The fourth-order valence-corrected chi connectivity index (χ4v) is 1.16. The highest BCUT2D eigenvalue weighted by Crippen LogP contribution is 1.93. The Morgan fingerprint density at radius 1 is 2.00 bits per heavy atom. The maximum Gasteiger partial charge on any atom is 0.121 e. The van der Waals surface area contributed by atoms with Gasteiger partial charge in [-0.05, 0) is 6.42 Å². The van der Waals surface area contributed by atoms with Crippen LogP contribution in [0.3, 0.4) is 0 Å². The molecule has 3 heteroatoms. The van der Waals surface area contributed by atoms with Crippen molar-refractivity contribution in [1.82, 2.24) is 0 Å². The van der Waals surface area contributed by atoms with Gasteiger partial charge >= 0.3 is 0 Å². The van der Waals surface area contributed by atoms with Crippen LogP contribution in [0, 0.1) is 0 Å². The molecule has 38 valence electrons. The average molecular weight is 124 g/mol. The van der Waals surface area contributed by atoms with Gasteiger partial charge in [0.2, 0.25) is 0 Å². The minimum Gasteiger partial charge on any atom is -0.251 e. The minimum atomic E-state index is -0.634. The summed E-state index contributed by atoms with van der Waals surface area (Å²) in [7, 11) is -0.634. The van der Waals surface area contributed by atoms with Gasteiger partial charge in [0.05, 0.1) is 5.79 Å². The molecule has 0 radical (unpaired) electrons. The summed E-state index contributed by atoms with van der Waals surface area (Å²) in [5.41, 5.74) is 0. The summed E-state index contributed by atoms with van der Waals surface area (Å²) in [5.74, 6) is -0.562. The molecule has 0 saturated carbocycles. The van der Waals surface area contributed by atoms with Crippen LogP contribution in [0.1, 0.15) is 13.3 Å². The first-order valence-electron chi connectivity index (χ1n) is 2.06. The zero-order valence-electron chi connectivity index (χ0n) is 3.82. The molecule has 0 spiro atoms. The van der Waals surface area contributed by atoms with Crippen molar-refractivity contribution in [3.8, 4) is 0 Å². The van der Waals surface area contributed by atoms with E-state index in [1.807, 2.05) is 6.92 Å². The van der Waals surface area contributed by atoms with E-state index in [0.717, 1.165) is 0 Å². The first-order valence-corrected chi connectivity index (χ1v) is 5.40. The lowest BCUT2D eigenvalue weighted by molar-refractivity contribution is 0.432. The summed E-state index contributed by atoms with van der Waals surface area (Å²) in [5, 5.41) is 0. The van der Waals surface area contributed by atoms with Gasteiger partial charge in [-0.15, -0.1) is 0 Å². The molecule has 0 amide bonds. The molecule has 0 fully saturated rings. The van der Waals surface area contributed by atoms with Crippen molar-refractivity contribution in [2.24, 2.45) is 0 Å². The monoisotopic (exact) mass is 124 g/mol. The molecule has 1 atom stereocenters. The Bertz CT molecular complexity index is 30.0. The van der Waals surface area contributed by atoms with Crippen molar-refractivity contribution in [2.75, 3.05) is 0 Å². The second-order valence-electron chi connectivity index (χ2n) is 1.19. The molecule has 0 aromatic carbocycles. The quantitative estimate of drug-likeness (QED) is 0.407. The Kier molecular flexibility index (Phi) is 3.98. The summed E-state index contributed by atoms with van der Waals surface area (Å²) in [6, 6.07) is 0. The van der Waals surface area contributed by atoms with E-state index in [1.165, 1.54) is 0 Å². The van der Waals surface area contributed by atoms with Gasteiger partial charge in [-0.2, -0.15) is 0 Å². The second-order valence-corrected chi connectivity index (χ2v) is 3.53. The SMILES string of the molecule is CCC(F)[SiH2]S. The highest BCUT2D eigenvalue weighted by atomic mass is 32.3. The van der Waals surface area contributed by atoms with E-state index in [9.17, 15) is 4.39 Å². The summed E-state index contributed by atoms with van der Waals surface area (Å²) >= 11 is 3.86. The molecule has 0 heterocycles. The predicted octanol–water partition coefficient (Wildman–Crippen LogP) is 0.706. The van der Waals surface area contributed by atoms with Crippen LogP contribution in [0.5, 0.6) is 0 Å². The van der Waals surface area contributed by atoms with Crippen LogP contribution in [0.2, 0.25) is 0 Å². The Balaban J connectivity index is 2.75. The van der Waals surface area contributed by atoms with Gasteiger partial charge in [0.25, 0.3) is 0 Å². The van der Waals surface area contributed by atoms with Crippen LogP contribution < -0.4 is 0 Å². The van der Waals surface area contributed by atoms with Crippen molar-refractivity contribution in [2.45, 2.75) is 19.1 Å². The van der Waals surface area contributed by atoms with E-state index in [0.29, 0.717) is 6.42 Å². The molecule has 0 aliphatic carbocycles. The van der Waals surface area contributed by atoms with Crippen LogP contribution in [-0.2, 0) is 0 Å². The fourth-order valence-electron chi connectivity index (χ4n) is 0.129. The van der Waals surface area contributed by atoms with Crippen LogP contribution in [-0.4, -0.2) is 14.5 Å². The summed E-state index contributed by atoms with van der Waals surface area (Å²) < 4.78 is 11.8. The lowest BCUT2D eigenvalue weighted by atomic mass is 10.5. The highest BCUT2D eigenvalue weighted by molar-refractivity contribution is 8.06. The first kappa shape index (κ1) is 6.50. The van der Waals surface area contributed by atoms with E-state index in [-0.39, 0.29) is 0 Å². The van der Waals surface area contributed by atoms with E-state index in [4.69, 9.17) is 0 Å². The van der Waals surface area contributed by atoms with E-state index >= 15 is 0 Å². The van der Waals surface area contributed by atoms with Gasteiger partial charge in [-0.25, -0.2) is 12.1 Å². The molecule has 0 N–H and O–H groups in total. The van der Waals surface area contributed by atoms with E-state index in [2.05, 4.69) is 12.1 Å². The minimum absolute atomic E-state index is 0.562. The van der Waals surface area contributed by atoms with Gasteiger partial charge in [-0.1, -0.05) is 6.92 Å². The van der Waals surface area contributed by atoms with Crippen LogP contribution >= 0.6 is 12.1 Å².